The van der Waals surface area contributed by atoms with Gasteiger partial charge in [0.25, 0.3) is 0 Å². The molecule has 0 N–H and O–H groups in total. The Morgan fingerprint density at radius 3 is 0.944 bits per heavy atom. The molecule has 0 atom stereocenters. The average molecular weight is 1430 g/mol. The summed E-state index contributed by atoms with van der Waals surface area (Å²) in [6.07, 6.45) is 1.02. The Hall–Kier alpha value is -12.6. The number of fused-ring (bicyclic) bond motifs is 30. The minimum atomic E-state index is -0.0983. The summed E-state index contributed by atoms with van der Waals surface area (Å²) >= 11 is 3.50. The van der Waals surface area contributed by atoms with Crippen LogP contribution in [0.2, 0.25) is 0 Å². The van der Waals surface area contributed by atoms with Gasteiger partial charge in [-0.15, -0.1) is 0 Å². The number of hydrogen-bond acceptors (Lipinski definition) is 0. The van der Waals surface area contributed by atoms with Crippen molar-refractivity contribution in [2.75, 3.05) is 0 Å². The summed E-state index contributed by atoms with van der Waals surface area (Å²) < 4.78 is 8.33. The quantitative estimate of drug-likeness (QED) is 0.157. The van der Waals surface area contributed by atoms with Gasteiger partial charge in [-0.1, -0.05) is 268 Å². The number of para-hydroxylation sites is 4. The molecule has 3 aromatic heterocycles. The van der Waals surface area contributed by atoms with Gasteiger partial charge < -0.3 is 13.7 Å². The number of hydrogen-bond donors (Lipinski definition) is 0. The van der Waals surface area contributed by atoms with Crippen LogP contribution in [0.4, 0.5) is 0 Å². The Bertz CT molecular complexity index is 7290. The number of halogens is 1. The molecule has 107 heavy (non-hydrogen) atoms. The Labute approximate surface area is 628 Å². The zero-order valence-corrected chi connectivity index (χ0v) is 61.3. The first-order valence-corrected chi connectivity index (χ1v) is 38.2. The molecule has 0 radical (unpaired) electrons. The second-order valence-electron chi connectivity index (χ2n) is 30.7. The molecular formula is C103H70BrN3. The van der Waals surface area contributed by atoms with Crippen LogP contribution in [0.1, 0.15) is 61.1 Å². The van der Waals surface area contributed by atoms with Crippen LogP contribution in [0.3, 0.4) is 0 Å². The highest BCUT2D eigenvalue weighted by Crippen LogP contribution is 2.55. The van der Waals surface area contributed by atoms with E-state index in [4.69, 9.17) is 0 Å². The first kappa shape index (κ1) is 61.8. The van der Waals surface area contributed by atoms with Crippen molar-refractivity contribution in [3.8, 4) is 50.4 Å². The Morgan fingerprint density at radius 2 is 0.495 bits per heavy atom. The van der Waals surface area contributed by atoms with Crippen LogP contribution in [0, 0.1) is 0 Å². The van der Waals surface area contributed by atoms with Gasteiger partial charge in [-0.25, -0.2) is 0 Å². The molecule has 24 rings (SSSR count). The topological polar surface area (TPSA) is 14.8 Å². The van der Waals surface area contributed by atoms with E-state index in [0.717, 1.165) is 22.3 Å². The lowest BCUT2D eigenvalue weighted by Crippen LogP contribution is -2.15. The predicted octanol–water partition coefficient (Wildman–Crippen LogP) is 28.2. The first-order valence-electron chi connectivity index (χ1n) is 37.4. The number of aromatic nitrogens is 3. The van der Waals surface area contributed by atoms with E-state index in [9.17, 15) is 0 Å². The van der Waals surface area contributed by atoms with Crippen LogP contribution in [0.25, 0.3) is 180 Å². The van der Waals surface area contributed by atoms with Crippen molar-refractivity contribution >= 4 is 146 Å². The van der Waals surface area contributed by atoms with Gasteiger partial charge in [0.2, 0.25) is 0 Å². The molecule has 4 heteroatoms. The van der Waals surface area contributed by atoms with E-state index in [2.05, 4.69) is 397 Å². The van der Waals surface area contributed by atoms with Crippen molar-refractivity contribution in [2.45, 2.75) is 44.9 Å². The molecule has 0 aliphatic heterocycles. The summed E-state index contributed by atoms with van der Waals surface area (Å²) in [4.78, 5) is 0. The van der Waals surface area contributed by atoms with Gasteiger partial charge in [0.15, 0.2) is 0 Å². The summed E-state index contributed by atoms with van der Waals surface area (Å²) in [5.41, 5.74) is 27.8. The third-order valence-corrected chi connectivity index (χ3v) is 24.9. The molecular weight excluding hydrogens is 1360 g/mol. The fraction of sp³-hybridized carbons (Fsp3) is 0.0680. The SMILES string of the molecule is Brc1ccc(-n2c3ccccc3c3ccccc32)cc1.CC1(C)c2ccccc2-c2cc3c(cc21)Cc1cc2c4ccccc4c4ccccc4c2cc1-3.CC1(C)c2ccccc2-c2cc3c4cc5c6ccccc6c6ccccc6c5cc4n(-c4ccc(-n5c6ccccc6c6ccccc65)cc4)c3cc21. The lowest BCUT2D eigenvalue weighted by molar-refractivity contribution is 0.659. The summed E-state index contributed by atoms with van der Waals surface area (Å²) in [6, 6.07) is 126. The fourth-order valence-electron chi connectivity index (χ4n) is 19.4. The van der Waals surface area contributed by atoms with E-state index in [-0.39, 0.29) is 10.8 Å². The third kappa shape index (κ3) is 9.06. The van der Waals surface area contributed by atoms with Crippen molar-refractivity contribution in [3.63, 3.8) is 0 Å². The molecule has 0 amide bonds. The maximum absolute atomic E-state index is 3.50. The molecule has 3 nitrogen and oxygen atoms in total. The lowest BCUT2D eigenvalue weighted by Gasteiger charge is -2.22. The second kappa shape index (κ2) is 23.2. The first-order chi connectivity index (χ1) is 52.5. The minimum absolute atomic E-state index is 0.0485. The van der Waals surface area contributed by atoms with Crippen LogP contribution in [-0.4, -0.2) is 13.7 Å². The van der Waals surface area contributed by atoms with Gasteiger partial charge >= 0.3 is 0 Å². The van der Waals surface area contributed by atoms with Crippen molar-refractivity contribution in [2.24, 2.45) is 0 Å². The molecule has 0 spiro atoms. The van der Waals surface area contributed by atoms with Crippen molar-refractivity contribution < 1.29 is 0 Å². The molecule has 0 unspecified atom stereocenters. The van der Waals surface area contributed by atoms with E-state index in [1.165, 1.54) is 203 Å². The van der Waals surface area contributed by atoms with Gasteiger partial charge in [-0.05, 0) is 253 Å². The van der Waals surface area contributed by atoms with Crippen molar-refractivity contribution in [1.82, 2.24) is 13.7 Å². The van der Waals surface area contributed by atoms with Crippen LogP contribution in [0.15, 0.2) is 344 Å². The van der Waals surface area contributed by atoms with Crippen LogP contribution in [-0.2, 0) is 17.3 Å². The fourth-order valence-corrected chi connectivity index (χ4v) is 19.7. The molecule has 3 heterocycles. The highest BCUT2D eigenvalue weighted by Gasteiger charge is 2.39. The van der Waals surface area contributed by atoms with E-state index < -0.39 is 0 Å². The minimum Gasteiger partial charge on any atom is -0.309 e. The second-order valence-corrected chi connectivity index (χ2v) is 31.6. The molecule has 0 fully saturated rings. The zero-order valence-electron chi connectivity index (χ0n) is 59.8. The van der Waals surface area contributed by atoms with Crippen LogP contribution >= 0.6 is 15.9 Å². The van der Waals surface area contributed by atoms with Gasteiger partial charge in [-0.3, -0.25) is 0 Å². The summed E-state index contributed by atoms with van der Waals surface area (Å²) in [7, 11) is 0. The molecule has 3 aliphatic rings. The van der Waals surface area contributed by atoms with Crippen LogP contribution in [0.5, 0.6) is 0 Å². The monoisotopic (exact) mass is 1430 g/mol. The number of benzene rings is 18. The molecule has 21 aromatic rings. The Morgan fingerprint density at radius 1 is 0.206 bits per heavy atom. The van der Waals surface area contributed by atoms with Gasteiger partial charge in [0.05, 0.1) is 33.1 Å². The van der Waals surface area contributed by atoms with E-state index >= 15 is 0 Å². The highest BCUT2D eigenvalue weighted by molar-refractivity contribution is 9.10. The lowest BCUT2D eigenvalue weighted by atomic mass is 9.81. The maximum Gasteiger partial charge on any atom is 0.0547 e. The molecule has 0 saturated heterocycles. The molecule has 0 bridgehead atoms. The van der Waals surface area contributed by atoms with Gasteiger partial charge in [0, 0.05) is 64.7 Å². The maximum atomic E-state index is 3.50. The zero-order chi connectivity index (χ0) is 71.1. The summed E-state index contributed by atoms with van der Waals surface area (Å²) in [5, 5.41) is 23.6. The Balaban J connectivity index is 0.000000112. The van der Waals surface area contributed by atoms with Crippen molar-refractivity contribution in [3.05, 3.63) is 378 Å². The van der Waals surface area contributed by atoms with Crippen molar-refractivity contribution in [1.29, 1.82) is 0 Å². The summed E-state index contributed by atoms with van der Waals surface area (Å²) in [6.45, 7) is 9.50. The normalized spacial score (nSPS) is 13.6. The number of rotatable bonds is 3. The largest absolute Gasteiger partial charge is 0.309 e. The number of nitrogens with zero attached hydrogens (tertiary/aromatic N) is 3. The molecule has 3 aliphatic carbocycles. The standard InChI is InChI=1S/C51H34N2.C34H24.C18H12BrN/c1-51(2)45-20-10-7-17-37(45)42-28-44-43-27-40-35-15-5-3-13-33(35)34-14-4-6-16-36(34)41(40)29-49(43)53(50(44)30-46(42)51)32-25-23-31(24-26-32)52-47-21-11-8-18-38(47)39-19-9-12-22-48(39)52;1-34(2)32-14-8-7-13-26(32)31-19-28-21(17-33(31)34)15-20-16-29-24-11-5-3-9-22(24)23-10-4-6-12-25(23)30(29)18-27(20)28;19-13-9-11-14(12-10-13)20-17-7-3-1-5-15(17)16-6-2-4-8-18(16)20/h3-30H,1-2H3;3-14,16-19H,15H2,1-2H3;1-12H. The van der Waals surface area contributed by atoms with E-state index in [0.29, 0.717) is 0 Å². The van der Waals surface area contributed by atoms with Crippen LogP contribution < -0.4 is 0 Å². The van der Waals surface area contributed by atoms with Gasteiger partial charge in [-0.2, -0.15) is 0 Å². The van der Waals surface area contributed by atoms with E-state index in [1.807, 2.05) is 0 Å². The highest BCUT2D eigenvalue weighted by atomic mass is 79.9. The average Bonchev–Trinajstić information content (AvgIpc) is 1.56. The summed E-state index contributed by atoms with van der Waals surface area (Å²) in [5.74, 6) is 0. The third-order valence-electron chi connectivity index (χ3n) is 24.4. The van der Waals surface area contributed by atoms with E-state index in [1.54, 1.807) is 0 Å². The molecule has 504 valence electrons. The smallest absolute Gasteiger partial charge is 0.0547 e. The van der Waals surface area contributed by atoms with Gasteiger partial charge in [0.1, 0.15) is 0 Å². The Kier molecular flexibility index (Phi) is 13.4. The molecule has 18 aromatic carbocycles. The predicted molar refractivity (Wildman–Crippen MR) is 458 cm³/mol. The molecule has 0 saturated carbocycles.